The predicted octanol–water partition coefficient (Wildman–Crippen LogP) is 4.34. The molecule has 0 amide bonds. The van der Waals surface area contributed by atoms with Crippen LogP contribution in [-0.4, -0.2) is 56.7 Å². The first kappa shape index (κ1) is 27.1. The third-order valence-electron chi connectivity index (χ3n) is 5.11. The molecule has 0 saturated heterocycles. The Kier molecular flexibility index (Phi) is 9.69. The minimum Gasteiger partial charge on any atom is -0.400 e. The Morgan fingerprint density at radius 1 is 1.06 bits per heavy atom. The molecule has 3 rings (SSSR count). The van der Waals surface area contributed by atoms with Crippen LogP contribution in [0.15, 0.2) is 57.7 Å². The summed E-state index contributed by atoms with van der Waals surface area (Å²) in [4.78, 5) is 7.96. The number of hydrogen-bond acceptors (Lipinski definition) is 6. The average molecular weight is 511 g/mol. The van der Waals surface area contributed by atoms with Crippen molar-refractivity contribution >= 4 is 44.3 Å². The second kappa shape index (κ2) is 11.8. The summed E-state index contributed by atoms with van der Waals surface area (Å²) in [5.41, 5.74) is 3.68. The molecule has 0 atom stereocenters. The number of thiazole rings is 1. The Morgan fingerprint density at radius 3 is 2.21 bits per heavy atom. The van der Waals surface area contributed by atoms with E-state index in [9.17, 15) is 8.42 Å². The molecule has 10 heteroatoms. The van der Waals surface area contributed by atoms with E-state index in [1.54, 1.807) is 12.1 Å². The number of aliphatic hydroxyl groups excluding tert-OH is 1. The molecular weight excluding hydrogens is 480 g/mol. The number of halogens is 1. The molecule has 1 heterocycles. The third-order valence-corrected chi connectivity index (χ3v) is 8.33. The lowest BCUT2D eigenvalue weighted by atomic mass is 10.2. The van der Waals surface area contributed by atoms with Gasteiger partial charge in [-0.15, -0.1) is 11.3 Å². The summed E-state index contributed by atoms with van der Waals surface area (Å²) in [6.07, 6.45) is 0. The van der Waals surface area contributed by atoms with Crippen LogP contribution >= 0.6 is 22.9 Å². The van der Waals surface area contributed by atoms with Gasteiger partial charge in [0.25, 0.3) is 0 Å². The zero-order chi connectivity index (χ0) is 24.8. The van der Waals surface area contributed by atoms with Crippen LogP contribution in [0.4, 0.5) is 11.4 Å². The van der Waals surface area contributed by atoms with Crippen LogP contribution in [0.5, 0.6) is 0 Å². The maximum Gasteiger partial charge on any atom is 0.244 e. The molecule has 0 unspecified atom stereocenters. The van der Waals surface area contributed by atoms with E-state index in [1.165, 1.54) is 31.1 Å². The van der Waals surface area contributed by atoms with Gasteiger partial charge in [0, 0.05) is 58.0 Å². The van der Waals surface area contributed by atoms with Crippen molar-refractivity contribution < 1.29 is 13.5 Å². The maximum absolute atomic E-state index is 12.6. The first-order valence-electron chi connectivity index (χ1n) is 10.4. The van der Waals surface area contributed by atoms with E-state index >= 15 is 0 Å². The molecule has 0 saturated carbocycles. The van der Waals surface area contributed by atoms with Crippen LogP contribution in [0.3, 0.4) is 0 Å². The Labute approximate surface area is 205 Å². The summed E-state index contributed by atoms with van der Waals surface area (Å²) in [5, 5.41) is 9.17. The number of rotatable bonds is 7. The Morgan fingerprint density at radius 2 is 1.67 bits per heavy atom. The molecule has 1 N–H and O–H groups in total. The summed E-state index contributed by atoms with van der Waals surface area (Å²) < 4.78 is 28.3. The van der Waals surface area contributed by atoms with Crippen molar-refractivity contribution in [2.45, 2.75) is 18.7 Å². The summed E-state index contributed by atoms with van der Waals surface area (Å²) in [7, 11) is 2.26. The van der Waals surface area contributed by atoms with Crippen LogP contribution in [0.2, 0.25) is 5.02 Å². The van der Waals surface area contributed by atoms with Gasteiger partial charge in [0.1, 0.15) is 4.90 Å². The van der Waals surface area contributed by atoms with Crippen LogP contribution in [0.1, 0.15) is 13.8 Å². The van der Waals surface area contributed by atoms with E-state index in [-0.39, 0.29) is 9.92 Å². The van der Waals surface area contributed by atoms with Crippen molar-refractivity contribution in [2.24, 2.45) is 12.0 Å². The summed E-state index contributed by atoms with van der Waals surface area (Å²) >= 11 is 7.69. The van der Waals surface area contributed by atoms with Crippen LogP contribution in [0, 0.1) is 0 Å². The van der Waals surface area contributed by atoms with Crippen molar-refractivity contribution in [1.29, 1.82) is 0 Å². The van der Waals surface area contributed by atoms with Crippen molar-refractivity contribution in [3.05, 3.63) is 57.7 Å². The molecule has 0 bridgehead atoms. The lowest BCUT2D eigenvalue weighted by Gasteiger charge is -2.20. The zero-order valence-corrected chi connectivity index (χ0v) is 22.2. The fourth-order valence-corrected chi connectivity index (χ4v) is 5.55. The zero-order valence-electron chi connectivity index (χ0n) is 19.8. The number of benzene rings is 2. The monoisotopic (exact) mass is 510 g/mol. The number of nitrogens with zero attached hydrogens (tertiary/aromatic N) is 4. The van der Waals surface area contributed by atoms with Gasteiger partial charge in [0.15, 0.2) is 4.80 Å². The minimum atomic E-state index is -3.64. The van der Waals surface area contributed by atoms with Gasteiger partial charge in [0.05, 0.1) is 16.4 Å². The summed E-state index contributed by atoms with van der Waals surface area (Å²) in [5.74, 6) is 0. The fraction of sp³-hybridized carbons (Fsp3) is 0.348. The fourth-order valence-electron chi connectivity index (χ4n) is 3.23. The van der Waals surface area contributed by atoms with Gasteiger partial charge in [0.2, 0.25) is 10.0 Å². The van der Waals surface area contributed by atoms with Crippen molar-refractivity contribution in [3.8, 4) is 11.3 Å². The number of hydrogen-bond donors (Lipinski definition) is 1. The SMILES string of the molecule is CCN(CC)c1ccc(N=c2scc(-c3ccc(Cl)c(S(=O)(=O)N(C)C)c3)n2C)cc1.CO. The van der Waals surface area contributed by atoms with Gasteiger partial charge in [-0.2, -0.15) is 0 Å². The molecule has 0 spiro atoms. The number of sulfonamides is 1. The highest BCUT2D eigenvalue weighted by Gasteiger charge is 2.22. The van der Waals surface area contributed by atoms with E-state index in [0.717, 1.165) is 46.3 Å². The molecule has 33 heavy (non-hydrogen) atoms. The second-order valence-corrected chi connectivity index (χ2v) is 10.6. The largest absolute Gasteiger partial charge is 0.400 e. The summed E-state index contributed by atoms with van der Waals surface area (Å²) in [6.45, 7) is 6.20. The summed E-state index contributed by atoms with van der Waals surface area (Å²) in [6, 6.07) is 13.2. The quantitative estimate of drug-likeness (QED) is 0.512. The van der Waals surface area contributed by atoms with E-state index in [2.05, 4.69) is 30.9 Å². The van der Waals surface area contributed by atoms with Crippen LogP contribution < -0.4 is 9.70 Å². The Hall–Kier alpha value is -2.17. The molecule has 1 aromatic heterocycles. The molecule has 3 aromatic rings. The van der Waals surface area contributed by atoms with Crippen LogP contribution in [-0.2, 0) is 17.1 Å². The van der Waals surface area contributed by atoms with Gasteiger partial charge in [-0.3, -0.25) is 0 Å². The molecule has 7 nitrogen and oxygen atoms in total. The molecule has 0 fully saturated rings. The van der Waals surface area contributed by atoms with E-state index in [4.69, 9.17) is 21.7 Å². The normalized spacial score (nSPS) is 12.0. The molecule has 0 aliphatic rings. The number of aromatic nitrogens is 1. The lowest BCUT2D eigenvalue weighted by Crippen LogP contribution is -2.22. The van der Waals surface area contributed by atoms with Gasteiger partial charge in [-0.05, 0) is 50.2 Å². The molecular formula is C23H31ClN4O3S2. The van der Waals surface area contributed by atoms with Gasteiger partial charge < -0.3 is 14.6 Å². The molecule has 0 aliphatic carbocycles. The number of anilines is 1. The molecule has 0 radical (unpaired) electrons. The third kappa shape index (κ3) is 6.04. The predicted molar refractivity (Wildman–Crippen MR) is 138 cm³/mol. The topological polar surface area (TPSA) is 78.1 Å². The van der Waals surface area contributed by atoms with Crippen LogP contribution in [0.25, 0.3) is 11.3 Å². The standard InChI is InChI=1S/C22H27ClN4O2S2.CH4O/c1-6-27(7-2)18-11-9-17(10-12-18)24-22-26(5)20(15-30-22)16-8-13-19(23)21(14-16)31(28,29)25(3)4;1-2/h8-15H,6-7H2,1-5H3;2H,1H3. The van der Waals surface area contributed by atoms with Crippen molar-refractivity contribution in [2.75, 3.05) is 39.2 Å². The Balaban J connectivity index is 0.00000187. The van der Waals surface area contributed by atoms with Crippen molar-refractivity contribution in [3.63, 3.8) is 0 Å². The highest BCUT2D eigenvalue weighted by Crippen LogP contribution is 2.30. The van der Waals surface area contributed by atoms with Crippen molar-refractivity contribution in [1.82, 2.24) is 8.87 Å². The number of aliphatic hydroxyl groups is 1. The second-order valence-electron chi connectivity index (χ2n) is 7.20. The highest BCUT2D eigenvalue weighted by atomic mass is 35.5. The smallest absolute Gasteiger partial charge is 0.244 e. The maximum atomic E-state index is 12.6. The molecule has 0 aliphatic heterocycles. The average Bonchev–Trinajstić information content (AvgIpc) is 3.17. The first-order valence-corrected chi connectivity index (χ1v) is 13.1. The molecule has 2 aromatic carbocycles. The van der Waals surface area contributed by atoms with Gasteiger partial charge >= 0.3 is 0 Å². The van der Waals surface area contributed by atoms with Gasteiger partial charge in [-0.1, -0.05) is 17.7 Å². The molecule has 180 valence electrons. The highest BCUT2D eigenvalue weighted by molar-refractivity contribution is 7.89. The first-order chi connectivity index (χ1) is 15.7. The van der Waals surface area contributed by atoms with E-state index < -0.39 is 10.0 Å². The minimum absolute atomic E-state index is 0.0911. The van der Waals surface area contributed by atoms with E-state index in [0.29, 0.717) is 0 Å². The van der Waals surface area contributed by atoms with E-state index in [1.807, 2.05) is 35.2 Å². The van der Waals surface area contributed by atoms with Gasteiger partial charge in [-0.25, -0.2) is 17.7 Å². The lowest BCUT2D eigenvalue weighted by molar-refractivity contribution is 0.399. The Bertz CT molecular complexity index is 1230.